The number of hydrogen-bond donors (Lipinski definition) is 4. The Balaban J connectivity index is 1.17. The number of carbonyl (C=O) groups is 1. The second kappa shape index (κ2) is 16.0. The first kappa shape index (κ1) is 39.5. The summed E-state index contributed by atoms with van der Waals surface area (Å²) in [4.78, 5) is 16.2. The Kier molecular flexibility index (Phi) is 10.9. The standard InChI is InChI=1S/C42H44N6O10/c1-24(2)30-19-31(34(50)20-33(30)49)39-44-45-40(51)48(39)29-12-10-25(11-13-29)22-46-14-15-47(41(52)53)42(23-46,57-6)28-9-7-8-26(16-28)32-21-43-58-37(32)27-17-35(54-3)38(56-5)36(18-27)55-4/h7-13,16-21,24,49-50H,14-15,22-23H2,1-6H3,(H,45,51)(H,52,53). The molecule has 0 radical (unpaired) electrons. The van der Waals surface area contributed by atoms with Gasteiger partial charge in [-0.2, -0.15) is 0 Å². The van der Waals surface area contributed by atoms with Crippen molar-refractivity contribution in [3.63, 3.8) is 0 Å². The highest BCUT2D eigenvalue weighted by molar-refractivity contribution is 5.81. The minimum absolute atomic E-state index is 0.0383. The Hall–Kier alpha value is -6.78. The number of benzene rings is 4. The van der Waals surface area contributed by atoms with Crippen molar-refractivity contribution >= 4 is 6.09 Å². The molecule has 58 heavy (non-hydrogen) atoms. The average molecular weight is 793 g/mol. The van der Waals surface area contributed by atoms with Crippen LogP contribution in [0.5, 0.6) is 34.8 Å². The van der Waals surface area contributed by atoms with Crippen molar-refractivity contribution in [2.24, 2.45) is 0 Å². The number of hydrogen-bond acceptors (Lipinski definition) is 13. The summed E-state index contributed by atoms with van der Waals surface area (Å²) in [5.41, 5.74) is 3.59. The second-order valence-corrected chi connectivity index (χ2v) is 14.1. The van der Waals surface area contributed by atoms with Gasteiger partial charge in [-0.3, -0.25) is 9.80 Å². The fraction of sp³-hybridized carbons (Fsp3) is 0.286. The maximum atomic E-state index is 12.8. The molecule has 1 saturated heterocycles. The lowest BCUT2D eigenvalue weighted by Crippen LogP contribution is -2.62. The lowest BCUT2D eigenvalue weighted by Gasteiger charge is -2.48. The summed E-state index contributed by atoms with van der Waals surface area (Å²) in [5.74, 6) is 1.67. The van der Waals surface area contributed by atoms with Crippen LogP contribution in [0.15, 0.2) is 83.5 Å². The number of phenols is 2. The van der Waals surface area contributed by atoms with Crippen molar-refractivity contribution in [3.05, 3.63) is 95.7 Å². The third-order valence-electron chi connectivity index (χ3n) is 10.5. The highest BCUT2D eigenvalue weighted by Gasteiger charge is 2.46. The van der Waals surface area contributed by atoms with E-state index in [1.54, 1.807) is 36.5 Å². The van der Waals surface area contributed by atoms with Crippen LogP contribution in [0, 0.1) is 0 Å². The molecule has 1 aliphatic rings. The number of nitrogens with zero attached hydrogens (tertiary/aromatic N) is 6. The summed E-state index contributed by atoms with van der Waals surface area (Å²) in [6, 6.07) is 20.9. The van der Waals surface area contributed by atoms with Crippen LogP contribution in [-0.2, 0) is 17.0 Å². The van der Waals surface area contributed by atoms with Crippen LogP contribution in [0.25, 0.3) is 39.5 Å². The highest BCUT2D eigenvalue weighted by Crippen LogP contribution is 2.45. The molecule has 1 fully saturated rings. The molecule has 302 valence electrons. The van der Waals surface area contributed by atoms with Gasteiger partial charge >= 0.3 is 12.1 Å². The van der Waals surface area contributed by atoms with E-state index in [9.17, 15) is 25.2 Å². The van der Waals surface area contributed by atoms with Gasteiger partial charge in [0.1, 0.15) is 11.5 Å². The molecule has 4 N–H and O–H groups in total. The third-order valence-corrected chi connectivity index (χ3v) is 10.5. The lowest BCUT2D eigenvalue weighted by atomic mass is 9.93. The van der Waals surface area contributed by atoms with Crippen molar-refractivity contribution in [2.45, 2.75) is 32.0 Å². The van der Waals surface area contributed by atoms with Gasteiger partial charge in [0.2, 0.25) is 5.75 Å². The molecule has 0 spiro atoms. The van der Waals surface area contributed by atoms with Gasteiger partial charge in [0.15, 0.2) is 28.8 Å². The number of amides is 1. The van der Waals surface area contributed by atoms with Crippen LogP contribution in [0.3, 0.4) is 0 Å². The van der Waals surface area contributed by atoms with Gasteiger partial charge in [-0.05, 0) is 59.0 Å². The van der Waals surface area contributed by atoms with Gasteiger partial charge in [0.05, 0.1) is 45.3 Å². The van der Waals surface area contributed by atoms with Crippen molar-refractivity contribution in [1.29, 1.82) is 0 Å². The molecule has 16 heteroatoms. The van der Waals surface area contributed by atoms with Crippen molar-refractivity contribution in [2.75, 3.05) is 48.1 Å². The minimum Gasteiger partial charge on any atom is -0.508 e. The molecule has 2 aromatic heterocycles. The second-order valence-electron chi connectivity index (χ2n) is 14.1. The molecule has 7 rings (SSSR count). The molecule has 0 saturated carbocycles. The Morgan fingerprint density at radius 1 is 0.845 bits per heavy atom. The van der Waals surface area contributed by atoms with E-state index in [0.29, 0.717) is 69.6 Å². The monoisotopic (exact) mass is 792 g/mol. The van der Waals surface area contributed by atoms with Crippen molar-refractivity contribution in [3.8, 4) is 74.3 Å². The van der Waals surface area contributed by atoms with Gasteiger partial charge in [0.25, 0.3) is 0 Å². The van der Waals surface area contributed by atoms with E-state index in [4.69, 9.17) is 23.5 Å². The van der Waals surface area contributed by atoms with Gasteiger partial charge in [0, 0.05) is 49.5 Å². The van der Waals surface area contributed by atoms with E-state index in [0.717, 1.165) is 11.1 Å². The summed E-state index contributed by atoms with van der Waals surface area (Å²) in [6.07, 6.45) is 0.478. The zero-order chi connectivity index (χ0) is 41.3. The normalized spacial score (nSPS) is 15.8. The number of methoxy groups -OCH3 is 4. The number of aromatic nitrogens is 4. The molecule has 1 amide bonds. The summed E-state index contributed by atoms with van der Waals surface area (Å²) in [5, 5.41) is 54.4. The molecule has 4 aromatic carbocycles. The molecular weight excluding hydrogens is 748 g/mol. The highest BCUT2D eigenvalue weighted by atomic mass is 16.5. The molecule has 3 heterocycles. The van der Waals surface area contributed by atoms with E-state index in [2.05, 4.69) is 20.3 Å². The maximum Gasteiger partial charge on any atom is 0.409 e. The van der Waals surface area contributed by atoms with Gasteiger partial charge in [-0.15, -0.1) is 5.10 Å². The Morgan fingerprint density at radius 2 is 1.57 bits per heavy atom. The van der Waals surface area contributed by atoms with Crippen molar-refractivity contribution in [1.82, 2.24) is 29.7 Å². The summed E-state index contributed by atoms with van der Waals surface area (Å²) >= 11 is 0. The van der Waals surface area contributed by atoms with E-state index in [-0.39, 0.29) is 42.3 Å². The number of rotatable bonds is 12. The summed E-state index contributed by atoms with van der Waals surface area (Å²) < 4.78 is 30.0. The fourth-order valence-electron chi connectivity index (χ4n) is 7.54. The maximum absolute atomic E-state index is 12.8. The van der Waals surface area contributed by atoms with E-state index in [1.807, 2.05) is 50.2 Å². The Labute approximate surface area is 334 Å². The zero-order valence-electron chi connectivity index (χ0n) is 32.8. The van der Waals surface area contributed by atoms with E-state index < -0.39 is 11.8 Å². The Morgan fingerprint density at radius 3 is 2.21 bits per heavy atom. The first-order chi connectivity index (χ1) is 27.9. The van der Waals surface area contributed by atoms with E-state index >= 15 is 0 Å². The van der Waals surface area contributed by atoms with E-state index in [1.165, 1.54) is 44.0 Å². The van der Waals surface area contributed by atoms with Crippen LogP contribution in [0.1, 0.15) is 36.5 Å². The molecule has 16 nitrogen and oxygen atoms in total. The van der Waals surface area contributed by atoms with Gasteiger partial charge in [-0.25, -0.2) is 9.36 Å². The smallest absolute Gasteiger partial charge is 0.409 e. The number of piperazine rings is 1. The van der Waals surface area contributed by atoms with Crippen LogP contribution >= 0.6 is 0 Å². The van der Waals surface area contributed by atoms with Crippen LogP contribution < -0.4 is 14.2 Å². The number of carboxylic acid groups (broad SMARTS) is 1. The first-order valence-corrected chi connectivity index (χ1v) is 18.4. The van der Waals surface area contributed by atoms with Gasteiger partial charge in [-0.1, -0.05) is 54.4 Å². The minimum atomic E-state index is -1.38. The number of ether oxygens (including phenoxy) is 4. The number of phenolic OH excluding ortho intramolecular Hbond substituents is 2. The number of aromatic hydroxyl groups is 3. The van der Waals surface area contributed by atoms with Crippen LogP contribution in [-0.4, -0.2) is 104 Å². The largest absolute Gasteiger partial charge is 0.508 e. The quantitative estimate of drug-likeness (QED) is 0.101. The Bertz CT molecular complexity index is 2420. The first-order valence-electron chi connectivity index (χ1n) is 18.4. The predicted octanol–water partition coefficient (Wildman–Crippen LogP) is 6.82. The lowest BCUT2D eigenvalue weighted by molar-refractivity contribution is -0.166. The zero-order valence-corrected chi connectivity index (χ0v) is 32.8. The SMILES string of the molecule is COc1cc(-c2oncc2-c2cccc(C3(OC)CN(Cc4ccc(-n5c(O)nnc5-c5cc(C(C)C)c(O)cc5O)cc4)CCN3C(=O)O)c2)cc(OC)c1OC. The molecule has 1 aliphatic heterocycles. The topological polar surface area (TPSA) is 198 Å². The molecular formula is C42H44N6O10. The molecule has 6 aromatic rings. The van der Waals surface area contributed by atoms with Gasteiger partial charge < -0.3 is 43.9 Å². The molecule has 0 bridgehead atoms. The summed E-state index contributed by atoms with van der Waals surface area (Å²) in [7, 11) is 6.09. The predicted molar refractivity (Wildman–Crippen MR) is 212 cm³/mol. The summed E-state index contributed by atoms with van der Waals surface area (Å²) in [6.45, 7) is 5.10. The van der Waals surface area contributed by atoms with Crippen molar-refractivity contribution < 1.29 is 48.7 Å². The third kappa shape index (κ3) is 7.07. The fourth-order valence-corrected chi connectivity index (χ4v) is 7.54. The molecule has 1 atom stereocenters. The van der Waals surface area contributed by atoms with Crippen LogP contribution in [0.4, 0.5) is 4.79 Å². The van der Waals surface area contributed by atoms with Crippen LogP contribution in [0.2, 0.25) is 0 Å². The average Bonchev–Trinajstić information content (AvgIpc) is 3.87. The molecule has 1 unspecified atom stereocenters. The molecule has 0 aliphatic carbocycles.